The van der Waals surface area contributed by atoms with Crippen LogP contribution in [0.25, 0.3) is 0 Å². The number of hydrogen-bond acceptors (Lipinski definition) is 4. The van der Waals surface area contributed by atoms with Gasteiger partial charge in [-0.3, -0.25) is 0 Å². The number of allylic oxidation sites excluding steroid dienone is 1. The molecule has 0 spiro atoms. The van der Waals surface area contributed by atoms with Gasteiger partial charge in [0.25, 0.3) is 0 Å². The van der Waals surface area contributed by atoms with Crippen LogP contribution in [-0.4, -0.2) is 12.6 Å². The summed E-state index contributed by atoms with van der Waals surface area (Å²) in [5, 5.41) is 9.03. The third-order valence-corrected chi connectivity index (χ3v) is 2.70. The molecule has 1 rings (SSSR count). The van der Waals surface area contributed by atoms with Crippen molar-refractivity contribution in [2.75, 3.05) is 6.61 Å². The van der Waals surface area contributed by atoms with Crippen molar-refractivity contribution in [3.63, 3.8) is 0 Å². The first-order valence-corrected chi connectivity index (χ1v) is 6.63. The number of carbonyl (C=O) groups excluding carboxylic acids is 1. The highest BCUT2D eigenvalue weighted by atomic mass is 16.5. The third-order valence-electron chi connectivity index (χ3n) is 2.70. The molecule has 0 amide bonds. The van der Waals surface area contributed by atoms with Crippen LogP contribution in [0.15, 0.2) is 41.7 Å². The average Bonchev–Trinajstić information content (AvgIpc) is 2.47. The molecular formula is C16H19NO3. The van der Waals surface area contributed by atoms with Gasteiger partial charge in [-0.05, 0) is 18.9 Å². The van der Waals surface area contributed by atoms with E-state index in [1.165, 1.54) is 0 Å². The van der Waals surface area contributed by atoms with E-state index in [0.29, 0.717) is 13.2 Å². The predicted molar refractivity (Wildman–Crippen MR) is 75.4 cm³/mol. The van der Waals surface area contributed by atoms with Crippen LogP contribution in [0.1, 0.15) is 32.3 Å². The van der Waals surface area contributed by atoms with Crippen molar-refractivity contribution in [3.05, 3.63) is 47.2 Å². The van der Waals surface area contributed by atoms with Crippen LogP contribution in [0.3, 0.4) is 0 Å². The van der Waals surface area contributed by atoms with Gasteiger partial charge in [-0.15, -0.1) is 0 Å². The Morgan fingerprint density at radius 2 is 1.95 bits per heavy atom. The second kappa shape index (κ2) is 8.76. The molecular weight excluding hydrogens is 254 g/mol. The van der Waals surface area contributed by atoms with E-state index >= 15 is 0 Å². The highest BCUT2D eigenvalue weighted by Crippen LogP contribution is 2.11. The first-order chi connectivity index (χ1) is 9.69. The fraction of sp³-hybridized carbons (Fsp3) is 0.375. The molecule has 0 heterocycles. The maximum atomic E-state index is 11.7. The van der Waals surface area contributed by atoms with Gasteiger partial charge in [0.2, 0.25) is 0 Å². The first kappa shape index (κ1) is 15.8. The maximum absolute atomic E-state index is 11.7. The summed E-state index contributed by atoms with van der Waals surface area (Å²) in [5.41, 5.74) is 0.903. The van der Waals surface area contributed by atoms with Crippen LogP contribution >= 0.6 is 0 Å². The number of hydrogen-bond donors (Lipinski definition) is 0. The van der Waals surface area contributed by atoms with E-state index in [-0.39, 0.29) is 11.3 Å². The van der Waals surface area contributed by atoms with Gasteiger partial charge >= 0.3 is 5.97 Å². The largest absolute Gasteiger partial charge is 0.492 e. The van der Waals surface area contributed by atoms with Gasteiger partial charge in [0.15, 0.2) is 5.57 Å². The zero-order valence-electron chi connectivity index (χ0n) is 11.9. The highest BCUT2D eigenvalue weighted by Gasteiger charge is 2.15. The molecule has 4 nitrogen and oxygen atoms in total. The molecule has 0 N–H and O–H groups in total. The van der Waals surface area contributed by atoms with E-state index in [1.807, 2.05) is 43.3 Å². The monoisotopic (exact) mass is 273 g/mol. The lowest BCUT2D eigenvalue weighted by molar-refractivity contribution is -0.138. The number of benzene rings is 1. The minimum absolute atomic E-state index is 0.0722. The van der Waals surface area contributed by atoms with Crippen molar-refractivity contribution in [2.24, 2.45) is 0 Å². The molecule has 1 aromatic rings. The summed E-state index contributed by atoms with van der Waals surface area (Å²) < 4.78 is 10.5. The summed E-state index contributed by atoms with van der Waals surface area (Å²) in [6.45, 7) is 4.25. The molecule has 0 aromatic heterocycles. The molecule has 0 saturated carbocycles. The van der Waals surface area contributed by atoms with Crippen LogP contribution in [0.2, 0.25) is 0 Å². The molecule has 4 heteroatoms. The minimum Gasteiger partial charge on any atom is -0.492 e. The minimum atomic E-state index is -0.619. The number of nitriles is 1. The Kier molecular flexibility index (Phi) is 6.91. The van der Waals surface area contributed by atoms with Crippen LogP contribution < -0.4 is 0 Å². The van der Waals surface area contributed by atoms with E-state index in [1.54, 1.807) is 6.92 Å². The van der Waals surface area contributed by atoms with Gasteiger partial charge in [-0.25, -0.2) is 4.79 Å². The Balaban J connectivity index is 2.61. The van der Waals surface area contributed by atoms with Crippen molar-refractivity contribution in [2.45, 2.75) is 33.3 Å². The van der Waals surface area contributed by atoms with Crippen molar-refractivity contribution in [1.29, 1.82) is 5.26 Å². The summed E-state index contributed by atoms with van der Waals surface area (Å²) in [4.78, 5) is 11.7. The molecule has 0 fully saturated rings. The lowest BCUT2D eigenvalue weighted by Crippen LogP contribution is -2.10. The molecule has 0 atom stereocenters. The van der Waals surface area contributed by atoms with E-state index in [0.717, 1.165) is 18.4 Å². The van der Waals surface area contributed by atoms with E-state index < -0.39 is 5.97 Å². The predicted octanol–water partition coefficient (Wildman–Crippen LogP) is 3.34. The number of esters is 1. The first-order valence-electron chi connectivity index (χ1n) is 6.63. The second-order valence-corrected chi connectivity index (χ2v) is 4.31. The summed E-state index contributed by atoms with van der Waals surface area (Å²) in [6.07, 6.45) is 1.72. The fourth-order valence-electron chi connectivity index (χ4n) is 1.49. The Labute approximate surface area is 119 Å². The molecule has 1 aromatic carbocycles. The maximum Gasteiger partial charge on any atom is 0.352 e. The summed E-state index contributed by atoms with van der Waals surface area (Å²) in [5.74, 6) is -0.329. The number of rotatable bonds is 7. The summed E-state index contributed by atoms with van der Waals surface area (Å²) in [7, 11) is 0. The second-order valence-electron chi connectivity index (χ2n) is 4.31. The Hall–Kier alpha value is -2.28. The van der Waals surface area contributed by atoms with Gasteiger partial charge in [0, 0.05) is 0 Å². The van der Waals surface area contributed by atoms with Crippen molar-refractivity contribution in [3.8, 4) is 6.07 Å². The zero-order chi connectivity index (χ0) is 14.8. The molecule has 0 aliphatic heterocycles. The van der Waals surface area contributed by atoms with Gasteiger partial charge in [0.05, 0.1) is 6.61 Å². The van der Waals surface area contributed by atoms with Gasteiger partial charge in [0.1, 0.15) is 18.4 Å². The van der Waals surface area contributed by atoms with E-state index in [2.05, 4.69) is 0 Å². The Morgan fingerprint density at radius 1 is 1.25 bits per heavy atom. The van der Waals surface area contributed by atoms with Crippen LogP contribution in [0.5, 0.6) is 0 Å². The average molecular weight is 273 g/mol. The van der Waals surface area contributed by atoms with Crippen LogP contribution in [-0.2, 0) is 20.9 Å². The summed E-state index contributed by atoms with van der Waals surface area (Å²) >= 11 is 0. The quantitative estimate of drug-likeness (QED) is 0.251. The normalized spacial score (nSPS) is 11.2. The van der Waals surface area contributed by atoms with E-state index in [4.69, 9.17) is 14.7 Å². The topological polar surface area (TPSA) is 59.3 Å². The standard InChI is InChI=1S/C16H19NO3/c1-3-4-10-19-16(18)15(11-17)13(2)20-12-14-8-6-5-7-9-14/h5-9H,3-4,10,12H2,1-2H3. The lowest BCUT2D eigenvalue weighted by Gasteiger charge is -2.09. The fourth-order valence-corrected chi connectivity index (χ4v) is 1.49. The molecule has 0 bridgehead atoms. The number of unbranched alkanes of at least 4 members (excludes halogenated alkanes) is 1. The van der Waals surface area contributed by atoms with Crippen LogP contribution in [0.4, 0.5) is 0 Å². The van der Waals surface area contributed by atoms with Crippen LogP contribution in [0, 0.1) is 11.3 Å². The molecule has 0 saturated heterocycles. The molecule has 0 radical (unpaired) electrons. The number of carbonyl (C=O) groups is 1. The van der Waals surface area contributed by atoms with E-state index in [9.17, 15) is 4.79 Å². The molecule has 20 heavy (non-hydrogen) atoms. The van der Waals surface area contributed by atoms with Crippen molar-refractivity contribution in [1.82, 2.24) is 0 Å². The molecule has 0 unspecified atom stereocenters. The summed E-state index contributed by atoms with van der Waals surface area (Å²) in [6, 6.07) is 11.4. The highest BCUT2D eigenvalue weighted by molar-refractivity contribution is 5.93. The number of ether oxygens (including phenoxy) is 2. The number of nitrogens with zero attached hydrogens (tertiary/aromatic N) is 1. The van der Waals surface area contributed by atoms with Crippen molar-refractivity contribution < 1.29 is 14.3 Å². The molecule has 0 aliphatic carbocycles. The van der Waals surface area contributed by atoms with Gasteiger partial charge in [-0.2, -0.15) is 5.26 Å². The lowest BCUT2D eigenvalue weighted by atomic mass is 10.2. The Bertz CT molecular complexity index is 500. The third kappa shape index (κ3) is 5.15. The van der Waals surface area contributed by atoms with Gasteiger partial charge in [-0.1, -0.05) is 43.7 Å². The zero-order valence-corrected chi connectivity index (χ0v) is 11.9. The SMILES string of the molecule is CCCCOC(=O)C(C#N)=C(C)OCc1ccccc1. The Morgan fingerprint density at radius 3 is 2.55 bits per heavy atom. The molecule has 106 valence electrons. The molecule has 0 aliphatic rings. The van der Waals surface area contributed by atoms with Gasteiger partial charge < -0.3 is 9.47 Å². The smallest absolute Gasteiger partial charge is 0.352 e. The van der Waals surface area contributed by atoms with Crippen molar-refractivity contribution >= 4 is 5.97 Å².